The molecule has 0 bridgehead atoms. The van der Waals surface area contributed by atoms with Gasteiger partial charge in [0.05, 0.1) is 23.8 Å². The van der Waals surface area contributed by atoms with Gasteiger partial charge >= 0.3 is 0 Å². The van der Waals surface area contributed by atoms with Gasteiger partial charge in [0.15, 0.2) is 0 Å². The van der Waals surface area contributed by atoms with Crippen molar-refractivity contribution in [2.45, 2.75) is 0 Å². The second-order valence-corrected chi connectivity index (χ2v) is 6.36. The highest BCUT2D eigenvalue weighted by molar-refractivity contribution is 7.11. The number of benzene rings is 2. The number of nitro groups is 1. The zero-order chi connectivity index (χ0) is 20.1. The predicted octanol–water partition coefficient (Wildman–Crippen LogP) is 4.84. The van der Waals surface area contributed by atoms with Gasteiger partial charge in [-0.2, -0.15) is 5.26 Å². The third-order valence-electron chi connectivity index (χ3n) is 3.77. The van der Waals surface area contributed by atoms with Crippen LogP contribution in [0, 0.1) is 27.3 Å². The number of aromatic nitrogens is 1. The summed E-state index contributed by atoms with van der Waals surface area (Å²) >= 11 is 1.24. The van der Waals surface area contributed by atoms with Gasteiger partial charge in [-0.15, -0.1) is 11.3 Å². The minimum Gasteiger partial charge on any atom is -0.496 e. The molecule has 28 heavy (non-hydrogen) atoms. The van der Waals surface area contributed by atoms with Crippen LogP contribution in [0.1, 0.15) is 5.01 Å². The number of thiazole rings is 1. The van der Waals surface area contributed by atoms with Crippen LogP contribution in [0.5, 0.6) is 5.75 Å². The van der Waals surface area contributed by atoms with Gasteiger partial charge in [0, 0.05) is 17.1 Å². The Hall–Kier alpha value is -3.77. The van der Waals surface area contributed by atoms with Crippen molar-refractivity contribution < 1.29 is 14.1 Å². The van der Waals surface area contributed by atoms with Crippen LogP contribution >= 0.6 is 11.3 Å². The molecule has 0 saturated heterocycles. The molecule has 0 spiro atoms. The molecule has 3 rings (SSSR count). The number of nitrogens with one attached hydrogen (secondary N) is 1. The molecule has 1 N–H and O–H groups in total. The molecular weight excluding hydrogens is 383 g/mol. The van der Waals surface area contributed by atoms with Crippen molar-refractivity contribution in [2.75, 3.05) is 12.4 Å². The van der Waals surface area contributed by atoms with E-state index in [0.29, 0.717) is 16.5 Å². The van der Waals surface area contributed by atoms with E-state index in [1.807, 2.05) is 6.07 Å². The minimum atomic E-state index is -0.541. The average molecular weight is 396 g/mol. The van der Waals surface area contributed by atoms with E-state index < -0.39 is 4.92 Å². The molecule has 1 aromatic heterocycles. The molecule has 140 valence electrons. The number of nitro benzene ring substituents is 1. The SMILES string of the molecule is COc1ccc(NC=C(C#N)c2nc(-c3ccc(F)cc3)cs2)c([N+](=O)[O-])c1. The first kappa shape index (κ1) is 19.0. The number of hydrogen-bond donors (Lipinski definition) is 1. The highest BCUT2D eigenvalue weighted by atomic mass is 32.1. The molecule has 2 aromatic carbocycles. The van der Waals surface area contributed by atoms with Crippen molar-refractivity contribution >= 4 is 28.3 Å². The van der Waals surface area contributed by atoms with Crippen molar-refractivity contribution in [1.29, 1.82) is 5.26 Å². The summed E-state index contributed by atoms with van der Waals surface area (Å²) < 4.78 is 18.1. The van der Waals surface area contributed by atoms with Crippen LogP contribution in [0.4, 0.5) is 15.8 Å². The number of nitriles is 1. The monoisotopic (exact) mass is 396 g/mol. The van der Waals surface area contributed by atoms with Crippen LogP contribution < -0.4 is 10.1 Å². The second-order valence-electron chi connectivity index (χ2n) is 5.50. The maximum atomic E-state index is 13.1. The fourth-order valence-electron chi connectivity index (χ4n) is 2.35. The number of allylic oxidation sites excluding steroid dienone is 1. The number of methoxy groups -OCH3 is 1. The molecule has 3 aromatic rings. The number of nitrogens with zero attached hydrogens (tertiary/aromatic N) is 3. The molecule has 0 radical (unpaired) electrons. The van der Waals surface area contributed by atoms with Crippen LogP contribution in [0.15, 0.2) is 54.0 Å². The standard InChI is InChI=1S/C19H13FN4O3S/c1-27-15-6-7-16(18(8-15)24(25)26)22-10-13(9-21)19-23-17(11-28-19)12-2-4-14(20)5-3-12/h2-8,10-11,22H,1H3. The van der Waals surface area contributed by atoms with E-state index in [1.54, 1.807) is 23.6 Å². The fourth-order valence-corrected chi connectivity index (χ4v) is 3.15. The van der Waals surface area contributed by atoms with Crippen LogP contribution in [0.2, 0.25) is 0 Å². The van der Waals surface area contributed by atoms with Gasteiger partial charge in [0.2, 0.25) is 0 Å². The molecule has 0 aliphatic rings. The third-order valence-corrected chi connectivity index (χ3v) is 4.64. The number of anilines is 1. The van der Waals surface area contributed by atoms with E-state index >= 15 is 0 Å². The summed E-state index contributed by atoms with van der Waals surface area (Å²) in [7, 11) is 1.42. The van der Waals surface area contributed by atoms with Crippen LogP contribution in [0.25, 0.3) is 16.8 Å². The quantitative estimate of drug-likeness (QED) is 0.363. The fraction of sp³-hybridized carbons (Fsp3) is 0.0526. The molecule has 0 unspecified atom stereocenters. The summed E-state index contributed by atoms with van der Waals surface area (Å²) in [6.45, 7) is 0. The van der Waals surface area contributed by atoms with Gasteiger partial charge in [-0.3, -0.25) is 10.1 Å². The van der Waals surface area contributed by atoms with Crippen LogP contribution in [-0.2, 0) is 0 Å². The summed E-state index contributed by atoms with van der Waals surface area (Å²) in [5.41, 5.74) is 1.58. The number of halogens is 1. The van der Waals surface area contributed by atoms with E-state index in [2.05, 4.69) is 10.3 Å². The summed E-state index contributed by atoms with van der Waals surface area (Å²) in [6, 6.07) is 12.3. The minimum absolute atomic E-state index is 0.181. The topological polar surface area (TPSA) is 101 Å². The lowest BCUT2D eigenvalue weighted by Crippen LogP contribution is -1.98. The maximum absolute atomic E-state index is 13.1. The van der Waals surface area contributed by atoms with Crippen molar-refractivity contribution in [1.82, 2.24) is 4.98 Å². The second kappa shape index (κ2) is 8.28. The Morgan fingerprint density at radius 1 is 1.36 bits per heavy atom. The first-order valence-electron chi connectivity index (χ1n) is 7.93. The summed E-state index contributed by atoms with van der Waals surface area (Å²) in [5, 5.41) is 25.7. The summed E-state index contributed by atoms with van der Waals surface area (Å²) in [6.07, 6.45) is 1.36. The Kier molecular flexibility index (Phi) is 5.62. The Bertz CT molecular complexity index is 1090. The Labute approximate surface area is 163 Å². The Morgan fingerprint density at radius 2 is 2.11 bits per heavy atom. The van der Waals surface area contributed by atoms with E-state index in [9.17, 15) is 19.8 Å². The molecular formula is C19H13FN4O3S. The van der Waals surface area contributed by atoms with Crippen molar-refractivity contribution in [3.05, 3.63) is 75.0 Å². The number of hydrogen-bond acceptors (Lipinski definition) is 7. The van der Waals surface area contributed by atoms with Gasteiger partial charge in [-0.1, -0.05) is 0 Å². The first-order chi connectivity index (χ1) is 13.5. The first-order valence-corrected chi connectivity index (χ1v) is 8.81. The van der Waals surface area contributed by atoms with E-state index in [1.165, 1.54) is 48.9 Å². The zero-order valence-electron chi connectivity index (χ0n) is 14.5. The highest BCUT2D eigenvalue weighted by Crippen LogP contribution is 2.30. The molecule has 0 atom stereocenters. The molecule has 9 heteroatoms. The van der Waals surface area contributed by atoms with Gasteiger partial charge in [-0.25, -0.2) is 9.37 Å². The predicted molar refractivity (Wildman–Crippen MR) is 104 cm³/mol. The molecule has 0 amide bonds. The molecule has 0 aliphatic carbocycles. The highest BCUT2D eigenvalue weighted by Gasteiger charge is 2.15. The van der Waals surface area contributed by atoms with E-state index in [0.717, 1.165) is 5.56 Å². The third kappa shape index (κ3) is 4.13. The maximum Gasteiger partial charge on any atom is 0.296 e. The summed E-state index contributed by atoms with van der Waals surface area (Å²) in [4.78, 5) is 15.1. The lowest BCUT2D eigenvalue weighted by molar-refractivity contribution is -0.384. The molecule has 1 heterocycles. The molecule has 0 aliphatic heterocycles. The number of ether oxygens (including phenoxy) is 1. The molecule has 0 saturated carbocycles. The van der Waals surface area contributed by atoms with Crippen molar-refractivity contribution in [3.8, 4) is 23.1 Å². The lowest BCUT2D eigenvalue weighted by atomic mass is 10.2. The average Bonchev–Trinajstić information content (AvgIpc) is 3.19. The van der Waals surface area contributed by atoms with Crippen LogP contribution in [-0.4, -0.2) is 17.0 Å². The zero-order valence-corrected chi connectivity index (χ0v) is 15.4. The van der Waals surface area contributed by atoms with E-state index in [4.69, 9.17) is 4.74 Å². The van der Waals surface area contributed by atoms with Crippen LogP contribution in [0.3, 0.4) is 0 Å². The summed E-state index contributed by atoms with van der Waals surface area (Å²) in [5.74, 6) is 0.00713. The number of rotatable bonds is 6. The van der Waals surface area contributed by atoms with Crippen molar-refractivity contribution in [3.63, 3.8) is 0 Å². The largest absolute Gasteiger partial charge is 0.496 e. The normalized spacial score (nSPS) is 11.0. The molecule has 7 nitrogen and oxygen atoms in total. The Morgan fingerprint density at radius 3 is 2.75 bits per heavy atom. The van der Waals surface area contributed by atoms with Gasteiger partial charge in [0.25, 0.3) is 5.69 Å². The van der Waals surface area contributed by atoms with Gasteiger partial charge in [-0.05, 0) is 36.4 Å². The van der Waals surface area contributed by atoms with E-state index in [-0.39, 0.29) is 22.8 Å². The van der Waals surface area contributed by atoms with Crippen molar-refractivity contribution in [2.24, 2.45) is 0 Å². The Balaban J connectivity index is 1.87. The molecule has 0 fully saturated rings. The van der Waals surface area contributed by atoms with Gasteiger partial charge in [0.1, 0.15) is 33.9 Å². The lowest BCUT2D eigenvalue weighted by Gasteiger charge is -2.05. The smallest absolute Gasteiger partial charge is 0.296 e. The van der Waals surface area contributed by atoms with Gasteiger partial charge < -0.3 is 10.1 Å².